The van der Waals surface area contributed by atoms with Crippen LogP contribution in [0.5, 0.6) is 0 Å². The van der Waals surface area contributed by atoms with Crippen LogP contribution in [-0.4, -0.2) is 6.54 Å². The van der Waals surface area contributed by atoms with Crippen LogP contribution in [0.15, 0.2) is 41.0 Å². The van der Waals surface area contributed by atoms with Crippen LogP contribution in [0.1, 0.15) is 62.6 Å². The molecule has 1 aromatic heterocycles. The van der Waals surface area contributed by atoms with Crippen molar-refractivity contribution in [2.75, 3.05) is 6.54 Å². The largest absolute Gasteiger partial charge is 0.469 e. The maximum atomic E-state index is 5.47. The number of furan rings is 1. The van der Waals surface area contributed by atoms with Crippen LogP contribution in [-0.2, 0) is 5.41 Å². The van der Waals surface area contributed by atoms with Gasteiger partial charge in [-0.3, -0.25) is 0 Å². The van der Waals surface area contributed by atoms with Gasteiger partial charge in [-0.05, 0) is 42.5 Å². The summed E-state index contributed by atoms with van der Waals surface area (Å²) in [6.07, 6.45) is 3.00. The van der Waals surface area contributed by atoms with E-state index in [-0.39, 0.29) is 11.5 Å². The van der Waals surface area contributed by atoms with Gasteiger partial charge < -0.3 is 9.73 Å². The summed E-state index contributed by atoms with van der Waals surface area (Å²) in [5.41, 5.74) is 4.11. The van der Waals surface area contributed by atoms with E-state index >= 15 is 0 Å². The minimum Gasteiger partial charge on any atom is -0.469 e. The first kappa shape index (κ1) is 15.8. The second-order valence-electron chi connectivity index (χ2n) is 6.34. The normalized spacial score (nSPS) is 13.4. The SMILES string of the molecule is CCNC(c1ccc(C(C)(C)CC)cc1)c1coc(C)c1. The number of rotatable bonds is 6. The number of hydrogen-bond donors (Lipinski definition) is 1. The van der Waals surface area contributed by atoms with Crippen molar-refractivity contribution in [3.05, 3.63) is 59.0 Å². The second-order valence-corrected chi connectivity index (χ2v) is 6.34. The topological polar surface area (TPSA) is 25.2 Å². The van der Waals surface area contributed by atoms with Crippen molar-refractivity contribution in [1.29, 1.82) is 0 Å². The molecule has 0 fully saturated rings. The molecule has 1 aromatic carbocycles. The van der Waals surface area contributed by atoms with E-state index in [4.69, 9.17) is 4.42 Å². The minimum absolute atomic E-state index is 0.200. The second kappa shape index (κ2) is 6.48. The number of nitrogens with one attached hydrogen (secondary N) is 1. The number of benzene rings is 1. The van der Waals surface area contributed by atoms with Crippen molar-refractivity contribution < 1.29 is 4.42 Å². The molecule has 0 spiro atoms. The molecule has 0 radical (unpaired) electrons. The molecule has 0 aliphatic carbocycles. The standard InChI is InChI=1S/C19H27NO/c1-6-19(4,5)17-10-8-15(9-11-17)18(20-7-2)16-12-14(3)21-13-16/h8-13,18,20H,6-7H2,1-5H3. The van der Waals surface area contributed by atoms with Crippen molar-refractivity contribution in [3.8, 4) is 0 Å². The van der Waals surface area contributed by atoms with Crippen LogP contribution >= 0.6 is 0 Å². The lowest BCUT2D eigenvalue weighted by Crippen LogP contribution is -2.22. The highest BCUT2D eigenvalue weighted by Gasteiger charge is 2.19. The van der Waals surface area contributed by atoms with Gasteiger partial charge in [0, 0.05) is 5.56 Å². The molecule has 2 nitrogen and oxygen atoms in total. The van der Waals surface area contributed by atoms with Crippen molar-refractivity contribution >= 4 is 0 Å². The highest BCUT2D eigenvalue weighted by atomic mass is 16.3. The lowest BCUT2D eigenvalue weighted by atomic mass is 9.81. The quantitative estimate of drug-likeness (QED) is 0.810. The summed E-state index contributed by atoms with van der Waals surface area (Å²) >= 11 is 0. The molecule has 114 valence electrons. The van der Waals surface area contributed by atoms with Crippen LogP contribution in [0, 0.1) is 6.92 Å². The Balaban J connectivity index is 2.29. The summed E-state index contributed by atoms with van der Waals surface area (Å²) < 4.78 is 5.47. The van der Waals surface area contributed by atoms with Gasteiger partial charge in [0.15, 0.2) is 0 Å². The Labute approximate surface area is 128 Å². The van der Waals surface area contributed by atoms with Gasteiger partial charge >= 0.3 is 0 Å². The molecule has 2 heteroatoms. The molecule has 1 atom stereocenters. The molecule has 0 saturated heterocycles. The molecule has 0 aliphatic rings. The Bertz CT molecular complexity index is 566. The van der Waals surface area contributed by atoms with E-state index in [1.54, 1.807) is 0 Å². The molecule has 2 aromatic rings. The fourth-order valence-electron chi connectivity index (χ4n) is 2.58. The molecular weight excluding hydrogens is 258 g/mol. The van der Waals surface area contributed by atoms with Gasteiger partial charge in [-0.25, -0.2) is 0 Å². The lowest BCUT2D eigenvalue weighted by molar-refractivity contribution is 0.505. The first-order valence-corrected chi connectivity index (χ1v) is 7.86. The number of hydrogen-bond acceptors (Lipinski definition) is 2. The Morgan fingerprint density at radius 3 is 2.24 bits per heavy atom. The molecular formula is C19H27NO. The third kappa shape index (κ3) is 3.56. The summed E-state index contributed by atoms with van der Waals surface area (Å²) in [6, 6.07) is 11.3. The predicted molar refractivity (Wildman–Crippen MR) is 88.7 cm³/mol. The van der Waals surface area contributed by atoms with E-state index in [1.807, 2.05) is 13.2 Å². The average molecular weight is 285 g/mol. The van der Waals surface area contributed by atoms with Crippen molar-refractivity contribution in [2.45, 2.75) is 52.5 Å². The summed E-state index contributed by atoms with van der Waals surface area (Å²) in [7, 11) is 0. The van der Waals surface area contributed by atoms with Crippen LogP contribution in [0.4, 0.5) is 0 Å². The van der Waals surface area contributed by atoms with Crippen molar-refractivity contribution in [1.82, 2.24) is 5.32 Å². The van der Waals surface area contributed by atoms with E-state index in [1.165, 1.54) is 16.7 Å². The molecule has 2 rings (SSSR count). The fourth-order valence-corrected chi connectivity index (χ4v) is 2.58. The highest BCUT2D eigenvalue weighted by Crippen LogP contribution is 2.29. The molecule has 1 unspecified atom stereocenters. The average Bonchev–Trinajstić information content (AvgIpc) is 2.91. The zero-order chi connectivity index (χ0) is 15.5. The van der Waals surface area contributed by atoms with Gasteiger partial charge in [0.1, 0.15) is 5.76 Å². The van der Waals surface area contributed by atoms with Gasteiger partial charge in [-0.1, -0.05) is 52.0 Å². The first-order valence-electron chi connectivity index (χ1n) is 7.86. The van der Waals surface area contributed by atoms with E-state index in [9.17, 15) is 0 Å². The zero-order valence-electron chi connectivity index (χ0n) is 13.9. The smallest absolute Gasteiger partial charge is 0.101 e. The highest BCUT2D eigenvalue weighted by molar-refractivity contribution is 5.35. The summed E-state index contributed by atoms with van der Waals surface area (Å²) in [6.45, 7) is 11.9. The maximum Gasteiger partial charge on any atom is 0.101 e. The summed E-state index contributed by atoms with van der Waals surface area (Å²) in [5, 5.41) is 3.54. The predicted octanol–water partition coefficient (Wildman–Crippen LogP) is 4.97. The Morgan fingerprint density at radius 2 is 1.76 bits per heavy atom. The van der Waals surface area contributed by atoms with Gasteiger partial charge in [-0.15, -0.1) is 0 Å². The van der Waals surface area contributed by atoms with E-state index in [2.05, 4.69) is 63.3 Å². The molecule has 1 heterocycles. The Kier molecular flexibility index (Phi) is 4.89. The summed E-state index contributed by atoms with van der Waals surface area (Å²) in [4.78, 5) is 0. The first-order chi connectivity index (χ1) is 9.97. The number of aryl methyl sites for hydroxylation is 1. The van der Waals surface area contributed by atoms with Crippen LogP contribution < -0.4 is 5.32 Å². The van der Waals surface area contributed by atoms with Gasteiger partial charge in [0.2, 0.25) is 0 Å². The zero-order valence-corrected chi connectivity index (χ0v) is 13.9. The van der Waals surface area contributed by atoms with E-state index < -0.39 is 0 Å². The molecule has 0 bridgehead atoms. The monoisotopic (exact) mass is 285 g/mol. The molecule has 1 N–H and O–H groups in total. The summed E-state index contributed by atoms with van der Waals surface area (Å²) in [5.74, 6) is 0.955. The fraction of sp³-hybridized carbons (Fsp3) is 0.474. The molecule has 0 amide bonds. The van der Waals surface area contributed by atoms with E-state index in [0.717, 1.165) is 18.7 Å². The van der Waals surface area contributed by atoms with Gasteiger partial charge in [0.05, 0.1) is 12.3 Å². The third-order valence-electron chi connectivity index (χ3n) is 4.40. The maximum absolute atomic E-state index is 5.47. The van der Waals surface area contributed by atoms with Crippen LogP contribution in [0.2, 0.25) is 0 Å². The molecule has 0 aliphatic heterocycles. The van der Waals surface area contributed by atoms with Gasteiger partial charge in [0.25, 0.3) is 0 Å². The van der Waals surface area contributed by atoms with Crippen molar-refractivity contribution in [2.24, 2.45) is 0 Å². The Morgan fingerprint density at radius 1 is 1.10 bits per heavy atom. The minimum atomic E-state index is 0.200. The van der Waals surface area contributed by atoms with E-state index in [0.29, 0.717) is 0 Å². The Hall–Kier alpha value is -1.54. The third-order valence-corrected chi connectivity index (χ3v) is 4.40. The lowest BCUT2D eigenvalue weighted by Gasteiger charge is -2.24. The van der Waals surface area contributed by atoms with Crippen LogP contribution in [0.25, 0.3) is 0 Å². The molecule has 0 saturated carbocycles. The van der Waals surface area contributed by atoms with Gasteiger partial charge in [-0.2, -0.15) is 0 Å². The van der Waals surface area contributed by atoms with Crippen LogP contribution in [0.3, 0.4) is 0 Å². The van der Waals surface area contributed by atoms with Crippen molar-refractivity contribution in [3.63, 3.8) is 0 Å². The molecule has 21 heavy (non-hydrogen) atoms.